The molecule has 4 rings (SSSR count). The average molecular weight is 350 g/mol. The number of amides is 1. The van der Waals surface area contributed by atoms with Crippen molar-refractivity contribution in [1.82, 2.24) is 9.88 Å². The van der Waals surface area contributed by atoms with Crippen molar-refractivity contribution in [2.24, 2.45) is 0 Å². The van der Waals surface area contributed by atoms with E-state index in [-0.39, 0.29) is 24.8 Å². The third-order valence-corrected chi connectivity index (χ3v) is 5.00. The number of pyridine rings is 1. The van der Waals surface area contributed by atoms with Crippen LogP contribution in [-0.2, 0) is 16.1 Å². The number of benzene rings is 1. The van der Waals surface area contributed by atoms with Gasteiger partial charge in [0.1, 0.15) is 6.61 Å². The first-order chi connectivity index (χ1) is 12.7. The fourth-order valence-electron chi connectivity index (χ4n) is 3.67. The van der Waals surface area contributed by atoms with Gasteiger partial charge in [0.2, 0.25) is 0 Å². The molecule has 0 saturated carbocycles. The molecule has 2 aromatic rings. The third kappa shape index (κ3) is 3.35. The highest BCUT2D eigenvalue weighted by molar-refractivity contribution is 5.75. The topological polar surface area (TPSA) is 51.7 Å². The van der Waals surface area contributed by atoms with Crippen LogP contribution in [0, 0.1) is 6.92 Å². The summed E-state index contributed by atoms with van der Waals surface area (Å²) in [5.41, 5.74) is 4.58. The van der Waals surface area contributed by atoms with Gasteiger partial charge in [-0.25, -0.2) is 4.79 Å². The molecule has 2 atom stereocenters. The molecule has 5 heteroatoms. The van der Waals surface area contributed by atoms with Crippen LogP contribution in [-0.4, -0.2) is 41.3 Å². The number of aryl methyl sites for hydroxylation is 1. The second-order valence-electron chi connectivity index (χ2n) is 6.79. The molecular formula is C21H22N2O3. The number of carbonyl (C=O) groups excluding carboxylic acids is 1. The van der Waals surface area contributed by atoms with Crippen molar-refractivity contribution in [2.75, 3.05) is 13.2 Å². The lowest BCUT2D eigenvalue weighted by atomic mass is 9.89. The summed E-state index contributed by atoms with van der Waals surface area (Å²) in [6.07, 6.45) is 6.32. The van der Waals surface area contributed by atoms with Crippen molar-refractivity contribution in [3.8, 4) is 0 Å². The molecule has 1 amide bonds. The number of nitrogens with zero attached hydrogens (tertiary/aromatic N) is 2. The predicted molar refractivity (Wildman–Crippen MR) is 98.4 cm³/mol. The Morgan fingerprint density at radius 1 is 1.27 bits per heavy atom. The van der Waals surface area contributed by atoms with E-state index in [1.807, 2.05) is 47.5 Å². The zero-order valence-corrected chi connectivity index (χ0v) is 14.8. The summed E-state index contributed by atoms with van der Waals surface area (Å²) in [5, 5.41) is 0. The summed E-state index contributed by atoms with van der Waals surface area (Å²) in [7, 11) is 0. The SMILES string of the molecule is Cc1ccncc1C1=CC2COCC(C1)N2C(=O)OCc1ccccc1. The predicted octanol–water partition coefficient (Wildman–Crippen LogP) is 3.58. The van der Waals surface area contributed by atoms with Crippen molar-refractivity contribution >= 4 is 11.7 Å². The number of hydrogen-bond donors (Lipinski definition) is 0. The van der Waals surface area contributed by atoms with Crippen LogP contribution >= 0.6 is 0 Å². The lowest BCUT2D eigenvalue weighted by Crippen LogP contribution is -2.56. The number of hydrogen-bond acceptors (Lipinski definition) is 4. The van der Waals surface area contributed by atoms with Crippen LogP contribution in [0.25, 0.3) is 5.57 Å². The number of rotatable bonds is 3. The molecule has 26 heavy (non-hydrogen) atoms. The van der Waals surface area contributed by atoms with E-state index in [1.165, 1.54) is 11.1 Å². The standard InChI is InChI=1S/C21H22N2O3/c1-15-7-8-22-11-20(15)17-9-18-13-25-14-19(10-17)23(18)21(24)26-12-16-5-3-2-4-6-16/h2-9,11,18-19H,10,12-14H2,1H3. The molecule has 3 heterocycles. The van der Waals surface area contributed by atoms with E-state index in [0.29, 0.717) is 13.2 Å². The minimum atomic E-state index is -0.273. The second-order valence-corrected chi connectivity index (χ2v) is 6.79. The Balaban J connectivity index is 1.51. The van der Waals surface area contributed by atoms with Gasteiger partial charge in [0.25, 0.3) is 0 Å². The van der Waals surface area contributed by atoms with Crippen LogP contribution in [0.3, 0.4) is 0 Å². The molecule has 0 N–H and O–H groups in total. The maximum absolute atomic E-state index is 12.7. The van der Waals surface area contributed by atoms with Crippen molar-refractivity contribution in [2.45, 2.75) is 32.0 Å². The van der Waals surface area contributed by atoms with Crippen molar-refractivity contribution < 1.29 is 14.3 Å². The Morgan fingerprint density at radius 2 is 2.12 bits per heavy atom. The minimum Gasteiger partial charge on any atom is -0.445 e. The molecule has 2 unspecified atom stereocenters. The molecule has 2 aliphatic rings. The Labute approximate surface area is 153 Å². The molecule has 0 spiro atoms. The molecular weight excluding hydrogens is 328 g/mol. The fraction of sp³-hybridized carbons (Fsp3) is 0.333. The Bertz CT molecular complexity index is 819. The summed E-state index contributed by atoms with van der Waals surface area (Å²) in [4.78, 5) is 18.8. The molecule has 2 aliphatic heterocycles. The molecule has 1 aromatic carbocycles. The van der Waals surface area contributed by atoms with Gasteiger partial charge in [0.05, 0.1) is 25.3 Å². The summed E-state index contributed by atoms with van der Waals surface area (Å²) < 4.78 is 11.2. The maximum Gasteiger partial charge on any atom is 0.411 e. The van der Waals surface area contributed by atoms with Crippen LogP contribution in [0.2, 0.25) is 0 Å². The van der Waals surface area contributed by atoms with Gasteiger partial charge in [-0.05, 0) is 41.7 Å². The Hall–Kier alpha value is -2.66. The van der Waals surface area contributed by atoms with Crippen LogP contribution in [0.5, 0.6) is 0 Å². The van der Waals surface area contributed by atoms with Gasteiger partial charge in [-0.2, -0.15) is 0 Å². The van der Waals surface area contributed by atoms with E-state index in [4.69, 9.17) is 9.47 Å². The summed E-state index contributed by atoms with van der Waals surface area (Å²) >= 11 is 0. The fourth-order valence-corrected chi connectivity index (χ4v) is 3.67. The van der Waals surface area contributed by atoms with E-state index in [9.17, 15) is 4.79 Å². The number of carbonyl (C=O) groups is 1. The second kappa shape index (κ2) is 7.30. The molecule has 134 valence electrons. The Morgan fingerprint density at radius 3 is 2.88 bits per heavy atom. The van der Waals surface area contributed by atoms with Crippen LogP contribution in [0.1, 0.15) is 23.1 Å². The van der Waals surface area contributed by atoms with Crippen LogP contribution in [0.15, 0.2) is 54.9 Å². The van der Waals surface area contributed by atoms with Gasteiger partial charge >= 0.3 is 6.09 Å². The third-order valence-electron chi connectivity index (χ3n) is 5.00. The maximum atomic E-state index is 12.7. The first-order valence-corrected chi connectivity index (χ1v) is 8.91. The van der Waals surface area contributed by atoms with Gasteiger partial charge in [-0.3, -0.25) is 9.88 Å². The molecule has 5 nitrogen and oxygen atoms in total. The van der Waals surface area contributed by atoms with Crippen molar-refractivity contribution in [3.05, 3.63) is 71.6 Å². The van der Waals surface area contributed by atoms with E-state index >= 15 is 0 Å². The zero-order valence-electron chi connectivity index (χ0n) is 14.8. The number of aromatic nitrogens is 1. The quantitative estimate of drug-likeness (QED) is 0.849. The van der Waals surface area contributed by atoms with E-state index < -0.39 is 0 Å². The first-order valence-electron chi connectivity index (χ1n) is 8.91. The summed E-state index contributed by atoms with van der Waals surface area (Å²) in [6.45, 7) is 3.41. The molecule has 1 saturated heterocycles. The molecule has 1 fully saturated rings. The average Bonchev–Trinajstić information content (AvgIpc) is 2.66. The van der Waals surface area contributed by atoms with Crippen LogP contribution in [0.4, 0.5) is 4.79 Å². The normalized spacial score (nSPS) is 21.9. The zero-order chi connectivity index (χ0) is 17.9. The lowest BCUT2D eigenvalue weighted by Gasteiger charge is -2.43. The van der Waals surface area contributed by atoms with E-state index in [0.717, 1.165) is 17.5 Å². The monoisotopic (exact) mass is 350 g/mol. The molecule has 0 radical (unpaired) electrons. The van der Waals surface area contributed by atoms with E-state index in [1.54, 1.807) is 6.20 Å². The largest absolute Gasteiger partial charge is 0.445 e. The van der Waals surface area contributed by atoms with Gasteiger partial charge in [-0.15, -0.1) is 0 Å². The number of ether oxygens (including phenoxy) is 2. The number of morpholine rings is 1. The number of fused-ring (bicyclic) bond motifs is 2. The highest BCUT2D eigenvalue weighted by atomic mass is 16.6. The van der Waals surface area contributed by atoms with Gasteiger partial charge in [-0.1, -0.05) is 36.4 Å². The summed E-state index contributed by atoms with van der Waals surface area (Å²) in [5.74, 6) is 0. The minimum absolute atomic E-state index is 0.00312. The Kier molecular flexibility index (Phi) is 4.71. The van der Waals surface area contributed by atoms with Crippen molar-refractivity contribution in [1.29, 1.82) is 0 Å². The smallest absolute Gasteiger partial charge is 0.411 e. The summed E-state index contributed by atoms with van der Waals surface area (Å²) in [6, 6.07) is 11.7. The van der Waals surface area contributed by atoms with Gasteiger partial charge < -0.3 is 9.47 Å². The molecule has 0 aliphatic carbocycles. The molecule has 1 aromatic heterocycles. The highest BCUT2D eigenvalue weighted by Gasteiger charge is 2.39. The van der Waals surface area contributed by atoms with Gasteiger partial charge in [0.15, 0.2) is 0 Å². The lowest BCUT2D eigenvalue weighted by molar-refractivity contribution is -0.0342. The van der Waals surface area contributed by atoms with Gasteiger partial charge in [0, 0.05) is 12.4 Å². The highest BCUT2D eigenvalue weighted by Crippen LogP contribution is 2.33. The first kappa shape index (κ1) is 16.8. The van der Waals surface area contributed by atoms with E-state index in [2.05, 4.69) is 18.0 Å². The van der Waals surface area contributed by atoms with Crippen LogP contribution < -0.4 is 0 Å². The van der Waals surface area contributed by atoms with Crippen molar-refractivity contribution in [3.63, 3.8) is 0 Å². The molecule has 2 bridgehead atoms.